The molecule has 0 saturated heterocycles. The second-order valence-corrected chi connectivity index (χ2v) is 7.36. The van der Waals surface area contributed by atoms with Gasteiger partial charge in [0.05, 0.1) is 37.0 Å². The number of thiazole rings is 1. The van der Waals surface area contributed by atoms with Gasteiger partial charge in [-0.15, -0.1) is 29.3 Å². The lowest BCUT2D eigenvalue weighted by atomic mass is 10.1. The molecule has 0 radical (unpaired) electrons. The first kappa shape index (κ1) is 19.1. The molecule has 0 fully saturated rings. The van der Waals surface area contributed by atoms with Gasteiger partial charge in [0, 0.05) is 10.9 Å². The smallest absolute Gasteiger partial charge is 0.206 e. The molecule has 3 rings (SSSR count). The SMILES string of the molecule is C=CCN=c1scc(-c2cccs2)n1N=C(C)c1cc(OC)ccc1OC. The van der Waals surface area contributed by atoms with E-state index in [4.69, 9.17) is 14.6 Å². The average molecular weight is 400 g/mol. The Morgan fingerprint density at radius 3 is 2.74 bits per heavy atom. The van der Waals surface area contributed by atoms with Crippen LogP contribution in [-0.2, 0) is 0 Å². The van der Waals surface area contributed by atoms with Crippen molar-refractivity contribution in [3.8, 4) is 22.1 Å². The van der Waals surface area contributed by atoms with Crippen LogP contribution in [0.2, 0.25) is 0 Å². The normalized spacial score (nSPS) is 12.3. The quantitative estimate of drug-likeness (QED) is 0.429. The number of nitrogens with zero attached hydrogens (tertiary/aromatic N) is 3. The Bertz CT molecular complexity index is 1010. The molecule has 0 spiro atoms. The van der Waals surface area contributed by atoms with Gasteiger partial charge in [0.2, 0.25) is 4.80 Å². The van der Waals surface area contributed by atoms with E-state index in [0.29, 0.717) is 6.54 Å². The molecule has 0 atom stereocenters. The van der Waals surface area contributed by atoms with Gasteiger partial charge in [-0.2, -0.15) is 5.10 Å². The summed E-state index contributed by atoms with van der Waals surface area (Å²) in [6.45, 7) is 6.25. The standard InChI is InChI=1S/C20H21N3O2S2/c1-5-10-21-20-23(17(13-27-20)19-7-6-11-26-19)22-14(2)16-12-15(24-3)8-9-18(16)25-4/h5-9,11-13H,1,10H2,2-4H3. The zero-order valence-corrected chi connectivity index (χ0v) is 17.1. The predicted molar refractivity (Wildman–Crippen MR) is 113 cm³/mol. The minimum atomic E-state index is 0.543. The number of benzene rings is 1. The fourth-order valence-electron chi connectivity index (χ4n) is 2.54. The molecule has 0 aliphatic rings. The maximum absolute atomic E-state index is 5.51. The van der Waals surface area contributed by atoms with Gasteiger partial charge in [0.25, 0.3) is 0 Å². The molecule has 0 bridgehead atoms. The third-order valence-corrected chi connectivity index (χ3v) is 5.61. The van der Waals surface area contributed by atoms with Gasteiger partial charge in [-0.25, -0.2) is 4.68 Å². The largest absolute Gasteiger partial charge is 0.497 e. The van der Waals surface area contributed by atoms with Crippen LogP contribution in [0.4, 0.5) is 0 Å². The van der Waals surface area contributed by atoms with Crippen LogP contribution in [0.3, 0.4) is 0 Å². The molecule has 140 valence electrons. The molecule has 0 aliphatic heterocycles. The lowest BCUT2D eigenvalue weighted by molar-refractivity contribution is 0.402. The monoisotopic (exact) mass is 399 g/mol. The Hall–Kier alpha value is -2.64. The lowest BCUT2D eigenvalue weighted by Gasteiger charge is -2.11. The first-order valence-electron chi connectivity index (χ1n) is 8.31. The summed E-state index contributed by atoms with van der Waals surface area (Å²) in [6, 6.07) is 9.79. The molecule has 1 aromatic carbocycles. The molecular weight excluding hydrogens is 378 g/mol. The molecule has 3 aromatic rings. The Kier molecular flexibility index (Phi) is 6.26. The van der Waals surface area contributed by atoms with Crippen molar-refractivity contribution in [3.63, 3.8) is 0 Å². The number of aromatic nitrogens is 1. The molecule has 7 heteroatoms. The van der Waals surface area contributed by atoms with Gasteiger partial charge < -0.3 is 9.47 Å². The summed E-state index contributed by atoms with van der Waals surface area (Å²) < 4.78 is 12.7. The minimum Gasteiger partial charge on any atom is -0.497 e. The highest BCUT2D eigenvalue weighted by atomic mass is 32.1. The zero-order valence-electron chi connectivity index (χ0n) is 15.5. The van der Waals surface area contributed by atoms with E-state index in [1.54, 1.807) is 43.0 Å². The summed E-state index contributed by atoms with van der Waals surface area (Å²) in [5.74, 6) is 1.50. The van der Waals surface area contributed by atoms with Crippen molar-refractivity contribution in [2.45, 2.75) is 6.92 Å². The fourth-order valence-corrected chi connectivity index (χ4v) is 4.18. The second kappa shape index (κ2) is 8.83. The van der Waals surface area contributed by atoms with Crippen molar-refractivity contribution in [1.29, 1.82) is 0 Å². The molecule has 2 aromatic heterocycles. The lowest BCUT2D eigenvalue weighted by Crippen LogP contribution is -2.14. The molecule has 0 amide bonds. The summed E-state index contributed by atoms with van der Waals surface area (Å²) in [4.78, 5) is 6.54. The Morgan fingerprint density at radius 1 is 1.22 bits per heavy atom. The number of hydrogen-bond donors (Lipinski definition) is 0. The Labute approximate surface area is 166 Å². The molecule has 2 heterocycles. The van der Waals surface area contributed by atoms with Gasteiger partial charge in [-0.1, -0.05) is 12.1 Å². The van der Waals surface area contributed by atoms with E-state index in [-0.39, 0.29) is 0 Å². The number of ether oxygens (including phenoxy) is 2. The maximum atomic E-state index is 5.51. The summed E-state index contributed by atoms with van der Waals surface area (Å²) >= 11 is 3.24. The van der Waals surface area contributed by atoms with E-state index >= 15 is 0 Å². The van der Waals surface area contributed by atoms with E-state index in [1.165, 1.54) is 0 Å². The number of methoxy groups -OCH3 is 2. The molecule has 0 saturated carbocycles. The van der Waals surface area contributed by atoms with Gasteiger partial charge in [0.1, 0.15) is 11.5 Å². The summed E-state index contributed by atoms with van der Waals surface area (Å²) in [6.07, 6.45) is 1.77. The highest BCUT2D eigenvalue weighted by Gasteiger charge is 2.12. The van der Waals surface area contributed by atoms with E-state index in [9.17, 15) is 0 Å². The van der Waals surface area contributed by atoms with Gasteiger partial charge >= 0.3 is 0 Å². The molecule has 27 heavy (non-hydrogen) atoms. The highest BCUT2D eigenvalue weighted by Crippen LogP contribution is 2.27. The molecule has 0 aliphatic carbocycles. The zero-order chi connectivity index (χ0) is 19.2. The van der Waals surface area contributed by atoms with Gasteiger partial charge in [0.15, 0.2) is 0 Å². The van der Waals surface area contributed by atoms with Crippen molar-refractivity contribution in [3.05, 3.63) is 64.1 Å². The average Bonchev–Trinajstić information content (AvgIpc) is 3.35. The number of hydrogen-bond acceptors (Lipinski definition) is 6. The Morgan fingerprint density at radius 2 is 2.07 bits per heavy atom. The summed E-state index contributed by atoms with van der Waals surface area (Å²) in [5, 5.41) is 9.00. The fraction of sp³-hybridized carbons (Fsp3) is 0.200. The van der Waals surface area contributed by atoms with E-state index in [1.807, 2.05) is 35.9 Å². The third kappa shape index (κ3) is 4.20. The number of thiophene rings is 1. The van der Waals surface area contributed by atoms with E-state index < -0.39 is 0 Å². The van der Waals surface area contributed by atoms with Crippen molar-refractivity contribution in [2.24, 2.45) is 10.1 Å². The third-order valence-electron chi connectivity index (χ3n) is 3.86. The van der Waals surface area contributed by atoms with Crippen LogP contribution < -0.4 is 14.3 Å². The van der Waals surface area contributed by atoms with E-state index in [0.717, 1.165) is 38.1 Å². The van der Waals surface area contributed by atoms with Crippen LogP contribution >= 0.6 is 22.7 Å². The van der Waals surface area contributed by atoms with Crippen molar-refractivity contribution in [2.75, 3.05) is 20.8 Å². The van der Waals surface area contributed by atoms with Crippen LogP contribution in [-0.4, -0.2) is 31.2 Å². The summed E-state index contributed by atoms with van der Waals surface area (Å²) in [7, 11) is 3.30. The predicted octanol–water partition coefficient (Wildman–Crippen LogP) is 4.65. The first-order chi connectivity index (χ1) is 13.2. The molecule has 0 N–H and O–H groups in total. The molecular formula is C20H21N3O2S2. The maximum Gasteiger partial charge on any atom is 0.206 e. The second-order valence-electron chi connectivity index (χ2n) is 5.57. The van der Waals surface area contributed by atoms with Crippen molar-refractivity contribution >= 4 is 28.4 Å². The summed E-state index contributed by atoms with van der Waals surface area (Å²) in [5.41, 5.74) is 2.70. The van der Waals surface area contributed by atoms with Crippen LogP contribution in [0.5, 0.6) is 11.5 Å². The Balaban J connectivity index is 2.16. The molecule has 0 unspecified atom stereocenters. The molecule has 5 nitrogen and oxygen atoms in total. The highest BCUT2D eigenvalue weighted by molar-refractivity contribution is 7.14. The number of rotatable bonds is 7. The van der Waals surface area contributed by atoms with Crippen LogP contribution in [0, 0.1) is 0 Å². The van der Waals surface area contributed by atoms with Gasteiger partial charge in [-0.3, -0.25) is 4.99 Å². The van der Waals surface area contributed by atoms with Crippen LogP contribution in [0.15, 0.2) is 63.8 Å². The minimum absolute atomic E-state index is 0.543. The topological polar surface area (TPSA) is 48.1 Å². The van der Waals surface area contributed by atoms with Crippen LogP contribution in [0.25, 0.3) is 10.6 Å². The van der Waals surface area contributed by atoms with Crippen molar-refractivity contribution in [1.82, 2.24) is 4.68 Å². The van der Waals surface area contributed by atoms with E-state index in [2.05, 4.69) is 28.4 Å². The first-order valence-corrected chi connectivity index (χ1v) is 10.1. The van der Waals surface area contributed by atoms with Crippen molar-refractivity contribution < 1.29 is 9.47 Å². The van der Waals surface area contributed by atoms with Crippen LogP contribution in [0.1, 0.15) is 12.5 Å². The van der Waals surface area contributed by atoms with Gasteiger partial charge in [-0.05, 0) is 36.6 Å².